The molecule has 0 aliphatic heterocycles. The predicted molar refractivity (Wildman–Crippen MR) is 63.9 cm³/mol. The molecule has 0 heterocycles. The number of methoxy groups -OCH3 is 1. The van der Waals surface area contributed by atoms with Crippen LogP contribution < -0.4 is 4.74 Å². The van der Waals surface area contributed by atoms with Crippen LogP contribution in [-0.2, 0) is 0 Å². The fraction of sp³-hybridized carbons (Fsp3) is 0.462. The van der Waals surface area contributed by atoms with Crippen molar-refractivity contribution >= 4 is 11.6 Å². The van der Waals surface area contributed by atoms with Crippen LogP contribution >= 0.6 is 11.6 Å². The summed E-state index contributed by atoms with van der Waals surface area (Å²) in [5.41, 5.74) is 1.64. The Morgan fingerprint density at radius 1 is 1.38 bits per heavy atom. The molecule has 2 rings (SSSR count). The van der Waals surface area contributed by atoms with Crippen molar-refractivity contribution in [2.24, 2.45) is 0 Å². The summed E-state index contributed by atoms with van der Waals surface area (Å²) in [4.78, 5) is 0. The summed E-state index contributed by atoms with van der Waals surface area (Å²) < 4.78 is 5.21. The first-order chi connectivity index (χ1) is 7.77. The van der Waals surface area contributed by atoms with E-state index in [2.05, 4.69) is 6.07 Å². The summed E-state index contributed by atoms with van der Waals surface area (Å²) in [6.07, 6.45) is 4.91. The molecule has 1 saturated carbocycles. The van der Waals surface area contributed by atoms with Gasteiger partial charge in [0.2, 0.25) is 0 Å². The quantitative estimate of drug-likeness (QED) is 0.780. The molecule has 16 heavy (non-hydrogen) atoms. The van der Waals surface area contributed by atoms with Crippen molar-refractivity contribution in [3.05, 3.63) is 28.3 Å². The van der Waals surface area contributed by atoms with Gasteiger partial charge in [0.1, 0.15) is 6.07 Å². The highest BCUT2D eigenvalue weighted by atomic mass is 35.5. The number of benzene rings is 1. The molecular weight excluding hydrogens is 222 g/mol. The first kappa shape index (κ1) is 11.3. The minimum atomic E-state index is 0.509. The van der Waals surface area contributed by atoms with Crippen LogP contribution in [0.4, 0.5) is 0 Å². The van der Waals surface area contributed by atoms with Gasteiger partial charge < -0.3 is 4.74 Å². The van der Waals surface area contributed by atoms with Gasteiger partial charge in [0, 0.05) is 0 Å². The lowest BCUT2D eigenvalue weighted by Gasteiger charge is -2.14. The number of nitriles is 1. The van der Waals surface area contributed by atoms with Crippen molar-refractivity contribution < 1.29 is 4.74 Å². The minimum Gasteiger partial charge on any atom is -0.494 e. The second-order valence-corrected chi connectivity index (χ2v) is 4.52. The number of nitrogens with zero attached hydrogens (tertiary/aromatic N) is 1. The van der Waals surface area contributed by atoms with Crippen molar-refractivity contribution in [2.45, 2.75) is 31.6 Å². The third-order valence-electron chi connectivity index (χ3n) is 3.25. The highest BCUT2D eigenvalue weighted by molar-refractivity contribution is 6.33. The Bertz CT molecular complexity index is 430. The summed E-state index contributed by atoms with van der Waals surface area (Å²) >= 11 is 6.30. The molecule has 3 heteroatoms. The molecule has 0 atom stereocenters. The van der Waals surface area contributed by atoms with E-state index in [9.17, 15) is 0 Å². The molecule has 1 aromatic rings. The van der Waals surface area contributed by atoms with E-state index < -0.39 is 0 Å². The third-order valence-corrected chi connectivity index (χ3v) is 3.64. The highest BCUT2D eigenvalue weighted by Gasteiger charge is 2.22. The molecule has 0 aromatic heterocycles. The molecule has 0 radical (unpaired) electrons. The maximum atomic E-state index is 8.94. The maximum Gasteiger partial charge on any atom is 0.155 e. The van der Waals surface area contributed by atoms with Gasteiger partial charge in [-0.3, -0.25) is 0 Å². The molecule has 0 unspecified atom stereocenters. The summed E-state index contributed by atoms with van der Waals surface area (Å²) in [5.74, 6) is 1.06. The second-order valence-electron chi connectivity index (χ2n) is 4.14. The average molecular weight is 236 g/mol. The molecule has 1 aliphatic rings. The van der Waals surface area contributed by atoms with E-state index in [1.165, 1.54) is 25.7 Å². The first-order valence-corrected chi connectivity index (χ1v) is 5.92. The van der Waals surface area contributed by atoms with E-state index >= 15 is 0 Å². The van der Waals surface area contributed by atoms with Crippen molar-refractivity contribution in [3.8, 4) is 11.8 Å². The third kappa shape index (κ3) is 1.88. The van der Waals surface area contributed by atoms with Crippen LogP contribution in [0.1, 0.15) is 42.7 Å². The molecule has 2 nitrogen and oxygen atoms in total. The van der Waals surface area contributed by atoms with Gasteiger partial charge in [-0.25, -0.2) is 0 Å². The summed E-state index contributed by atoms with van der Waals surface area (Å²) in [5, 5.41) is 9.56. The number of hydrogen-bond donors (Lipinski definition) is 0. The van der Waals surface area contributed by atoms with E-state index in [-0.39, 0.29) is 0 Å². The van der Waals surface area contributed by atoms with Gasteiger partial charge in [-0.05, 0) is 30.4 Å². The molecule has 0 spiro atoms. The number of ether oxygens (including phenoxy) is 1. The molecule has 1 aromatic carbocycles. The second kappa shape index (κ2) is 4.76. The van der Waals surface area contributed by atoms with Gasteiger partial charge in [-0.1, -0.05) is 30.5 Å². The lowest BCUT2D eigenvalue weighted by Crippen LogP contribution is -1.97. The zero-order valence-electron chi connectivity index (χ0n) is 9.29. The number of hydrogen-bond acceptors (Lipinski definition) is 2. The molecule has 0 bridgehead atoms. The number of rotatable bonds is 2. The molecular formula is C13H14ClNO. The molecule has 0 amide bonds. The van der Waals surface area contributed by atoms with Crippen molar-refractivity contribution in [1.29, 1.82) is 5.26 Å². The summed E-state index contributed by atoms with van der Waals surface area (Å²) in [6.45, 7) is 0. The van der Waals surface area contributed by atoms with E-state index in [4.69, 9.17) is 21.6 Å². The van der Waals surface area contributed by atoms with Crippen molar-refractivity contribution in [2.75, 3.05) is 7.11 Å². The highest BCUT2D eigenvalue weighted by Crippen LogP contribution is 2.42. The zero-order chi connectivity index (χ0) is 11.5. The SMILES string of the molecule is COc1c(C#N)ccc(C2CCCC2)c1Cl. The first-order valence-electron chi connectivity index (χ1n) is 5.54. The Kier molecular flexibility index (Phi) is 3.36. The van der Waals surface area contributed by atoms with Crippen LogP contribution in [0.5, 0.6) is 5.75 Å². The Hall–Kier alpha value is -1.20. The number of halogens is 1. The van der Waals surface area contributed by atoms with Gasteiger partial charge in [0.15, 0.2) is 5.75 Å². The molecule has 1 aliphatic carbocycles. The van der Waals surface area contributed by atoms with Gasteiger partial charge in [0.05, 0.1) is 17.7 Å². The van der Waals surface area contributed by atoms with Crippen LogP contribution in [0.2, 0.25) is 5.02 Å². The Balaban J connectivity index is 2.44. The summed E-state index contributed by atoms with van der Waals surface area (Å²) in [7, 11) is 1.56. The van der Waals surface area contributed by atoms with E-state index in [0.717, 1.165) is 5.56 Å². The zero-order valence-corrected chi connectivity index (χ0v) is 10.0. The van der Waals surface area contributed by atoms with Crippen LogP contribution in [0.25, 0.3) is 0 Å². The van der Waals surface area contributed by atoms with Gasteiger partial charge in [-0.15, -0.1) is 0 Å². The predicted octanol–water partition coefficient (Wildman–Crippen LogP) is 3.88. The minimum absolute atomic E-state index is 0.509. The van der Waals surface area contributed by atoms with E-state index in [0.29, 0.717) is 22.3 Å². The largest absolute Gasteiger partial charge is 0.494 e. The summed E-state index contributed by atoms with van der Waals surface area (Å²) in [6, 6.07) is 5.87. The van der Waals surface area contributed by atoms with Crippen LogP contribution in [0.15, 0.2) is 12.1 Å². The van der Waals surface area contributed by atoms with Crippen molar-refractivity contribution in [3.63, 3.8) is 0 Å². The normalized spacial score (nSPS) is 16.1. The Morgan fingerprint density at radius 3 is 2.62 bits per heavy atom. The van der Waals surface area contributed by atoms with Crippen molar-refractivity contribution in [1.82, 2.24) is 0 Å². The molecule has 84 valence electrons. The Morgan fingerprint density at radius 2 is 2.06 bits per heavy atom. The molecule has 0 N–H and O–H groups in total. The van der Waals surface area contributed by atoms with Gasteiger partial charge in [0.25, 0.3) is 0 Å². The Labute approximate surface area is 101 Å². The lowest BCUT2D eigenvalue weighted by atomic mass is 9.96. The monoisotopic (exact) mass is 235 g/mol. The van der Waals surface area contributed by atoms with Crippen LogP contribution in [0, 0.1) is 11.3 Å². The standard InChI is InChI=1S/C13H14ClNO/c1-16-13-10(8-15)6-7-11(12(13)14)9-4-2-3-5-9/h6-7,9H,2-5H2,1H3. The topological polar surface area (TPSA) is 33.0 Å². The van der Waals surface area contributed by atoms with E-state index in [1.54, 1.807) is 13.2 Å². The van der Waals surface area contributed by atoms with Gasteiger partial charge in [-0.2, -0.15) is 5.26 Å². The maximum absolute atomic E-state index is 8.94. The van der Waals surface area contributed by atoms with Gasteiger partial charge >= 0.3 is 0 Å². The van der Waals surface area contributed by atoms with E-state index in [1.807, 2.05) is 6.07 Å². The molecule has 0 saturated heterocycles. The fourth-order valence-electron chi connectivity index (χ4n) is 2.41. The smallest absolute Gasteiger partial charge is 0.155 e. The average Bonchev–Trinajstić information content (AvgIpc) is 2.81. The van der Waals surface area contributed by atoms with Crippen LogP contribution in [-0.4, -0.2) is 7.11 Å². The molecule has 1 fully saturated rings. The lowest BCUT2D eigenvalue weighted by molar-refractivity contribution is 0.412. The van der Waals surface area contributed by atoms with Crippen LogP contribution in [0.3, 0.4) is 0 Å². The fourth-order valence-corrected chi connectivity index (χ4v) is 2.81.